The summed E-state index contributed by atoms with van der Waals surface area (Å²) in [7, 11) is 1.22. The van der Waals surface area contributed by atoms with Crippen LogP contribution in [0.2, 0.25) is 0 Å². The molecule has 9 heteroatoms. The summed E-state index contributed by atoms with van der Waals surface area (Å²) in [5.41, 5.74) is 0.943. The van der Waals surface area contributed by atoms with Crippen LogP contribution in [0.5, 0.6) is 0 Å². The normalized spacial score (nSPS) is 11.5. The van der Waals surface area contributed by atoms with Gasteiger partial charge in [-0.3, -0.25) is 4.79 Å². The van der Waals surface area contributed by atoms with Crippen LogP contribution in [-0.2, 0) is 24.6 Å². The van der Waals surface area contributed by atoms with Crippen molar-refractivity contribution in [3.63, 3.8) is 0 Å². The van der Waals surface area contributed by atoms with E-state index in [2.05, 4.69) is 15.5 Å². The van der Waals surface area contributed by atoms with Crippen molar-refractivity contribution in [2.75, 3.05) is 5.75 Å². The second-order valence-corrected chi connectivity index (χ2v) is 5.36. The highest BCUT2D eigenvalue weighted by Crippen LogP contribution is 2.29. The number of carbonyl (C=O) groups excluding carboxylic acids is 1. The lowest BCUT2D eigenvalue weighted by molar-refractivity contribution is -0.147. The molecule has 0 fully saturated rings. The minimum atomic E-state index is -4.56. The van der Waals surface area contributed by atoms with Gasteiger partial charge in [0.25, 0.3) is 0 Å². The molecule has 0 spiro atoms. The molecule has 1 N–H and O–H groups in total. The van der Waals surface area contributed by atoms with Crippen molar-refractivity contribution in [2.24, 2.45) is 7.05 Å². The highest BCUT2D eigenvalue weighted by atomic mass is 32.2. The van der Waals surface area contributed by atoms with Gasteiger partial charge in [-0.1, -0.05) is 42.1 Å². The molecule has 0 unspecified atom stereocenters. The van der Waals surface area contributed by atoms with Crippen LogP contribution in [0, 0.1) is 0 Å². The Morgan fingerprint density at radius 1 is 1.27 bits per heavy atom. The first-order chi connectivity index (χ1) is 10.4. The molecule has 1 heterocycles. The SMILES string of the molecule is Cn1c(SCC(=O)NCc2ccccc2)nnc1C(F)(F)F. The zero-order chi connectivity index (χ0) is 16.2. The molecule has 1 aromatic carbocycles. The van der Waals surface area contributed by atoms with Gasteiger partial charge in [0.05, 0.1) is 5.75 Å². The minimum absolute atomic E-state index is 0.0311. The number of halogens is 3. The first kappa shape index (κ1) is 16.3. The van der Waals surface area contributed by atoms with Crippen LogP contribution in [0.15, 0.2) is 35.5 Å². The smallest absolute Gasteiger partial charge is 0.351 e. The van der Waals surface area contributed by atoms with E-state index in [4.69, 9.17) is 0 Å². The highest BCUT2D eigenvalue weighted by Gasteiger charge is 2.37. The van der Waals surface area contributed by atoms with E-state index in [0.717, 1.165) is 21.9 Å². The summed E-state index contributed by atoms with van der Waals surface area (Å²) in [6, 6.07) is 9.31. The quantitative estimate of drug-likeness (QED) is 0.854. The molecule has 0 aliphatic rings. The van der Waals surface area contributed by atoms with Gasteiger partial charge in [0, 0.05) is 13.6 Å². The lowest BCUT2D eigenvalue weighted by atomic mass is 10.2. The third-order valence-corrected chi connectivity index (χ3v) is 3.77. The van der Waals surface area contributed by atoms with Crippen molar-refractivity contribution in [3.8, 4) is 0 Å². The average Bonchev–Trinajstić information content (AvgIpc) is 2.85. The number of alkyl halides is 3. The fourth-order valence-corrected chi connectivity index (χ4v) is 2.41. The molecule has 1 aromatic heterocycles. The maximum Gasteiger partial charge on any atom is 0.451 e. The number of nitrogens with zero attached hydrogens (tertiary/aromatic N) is 3. The number of amides is 1. The molecule has 0 saturated carbocycles. The number of aromatic nitrogens is 3. The fourth-order valence-electron chi connectivity index (χ4n) is 1.67. The molecule has 5 nitrogen and oxygen atoms in total. The molecule has 1 amide bonds. The summed E-state index contributed by atoms with van der Waals surface area (Å²) in [4.78, 5) is 11.7. The van der Waals surface area contributed by atoms with E-state index in [-0.39, 0.29) is 16.8 Å². The van der Waals surface area contributed by atoms with E-state index in [1.807, 2.05) is 30.3 Å². The third kappa shape index (κ3) is 4.23. The van der Waals surface area contributed by atoms with Crippen molar-refractivity contribution in [1.82, 2.24) is 20.1 Å². The van der Waals surface area contributed by atoms with Gasteiger partial charge in [0.1, 0.15) is 0 Å². The van der Waals surface area contributed by atoms with Crippen LogP contribution >= 0.6 is 11.8 Å². The summed E-state index contributed by atoms with van der Waals surface area (Å²) < 4.78 is 38.5. The minimum Gasteiger partial charge on any atom is -0.351 e. The molecule has 118 valence electrons. The number of carbonyl (C=O) groups is 1. The number of nitrogens with one attached hydrogen (secondary N) is 1. The largest absolute Gasteiger partial charge is 0.451 e. The second kappa shape index (κ2) is 6.82. The van der Waals surface area contributed by atoms with Gasteiger partial charge in [-0.05, 0) is 5.56 Å². The maximum absolute atomic E-state index is 12.6. The maximum atomic E-state index is 12.6. The van der Waals surface area contributed by atoms with Gasteiger partial charge in [0.2, 0.25) is 11.7 Å². The van der Waals surface area contributed by atoms with E-state index < -0.39 is 12.0 Å². The number of thioether (sulfide) groups is 1. The van der Waals surface area contributed by atoms with Crippen LogP contribution < -0.4 is 5.32 Å². The van der Waals surface area contributed by atoms with Crippen LogP contribution in [0.4, 0.5) is 13.2 Å². The number of rotatable bonds is 5. The molecule has 22 heavy (non-hydrogen) atoms. The zero-order valence-corrected chi connectivity index (χ0v) is 12.4. The van der Waals surface area contributed by atoms with Crippen molar-refractivity contribution < 1.29 is 18.0 Å². The summed E-state index contributed by atoms with van der Waals surface area (Å²) in [5, 5.41) is 9.27. The molecule has 0 aliphatic heterocycles. The Kier molecular flexibility index (Phi) is 5.07. The third-order valence-electron chi connectivity index (χ3n) is 2.75. The molecular weight excluding hydrogens is 317 g/mol. The van der Waals surface area contributed by atoms with E-state index in [9.17, 15) is 18.0 Å². The molecule has 0 radical (unpaired) electrons. The molecule has 0 bridgehead atoms. The molecule has 0 aliphatic carbocycles. The average molecular weight is 330 g/mol. The van der Waals surface area contributed by atoms with Gasteiger partial charge < -0.3 is 9.88 Å². The number of hydrogen-bond donors (Lipinski definition) is 1. The van der Waals surface area contributed by atoms with Crippen molar-refractivity contribution in [2.45, 2.75) is 17.9 Å². The summed E-state index contributed by atoms with van der Waals surface area (Å²) in [6.07, 6.45) is -4.56. The second-order valence-electron chi connectivity index (χ2n) is 4.41. The van der Waals surface area contributed by atoms with Crippen molar-refractivity contribution in [1.29, 1.82) is 0 Å². The Hall–Kier alpha value is -2.03. The Morgan fingerprint density at radius 2 is 1.95 bits per heavy atom. The van der Waals surface area contributed by atoms with Gasteiger partial charge >= 0.3 is 6.18 Å². The Morgan fingerprint density at radius 3 is 2.55 bits per heavy atom. The van der Waals surface area contributed by atoms with E-state index >= 15 is 0 Å². The monoisotopic (exact) mass is 330 g/mol. The van der Waals surface area contributed by atoms with Crippen molar-refractivity contribution in [3.05, 3.63) is 41.7 Å². The van der Waals surface area contributed by atoms with Crippen molar-refractivity contribution >= 4 is 17.7 Å². The van der Waals surface area contributed by atoms with Crippen LogP contribution in [0.25, 0.3) is 0 Å². The lowest BCUT2D eigenvalue weighted by Gasteiger charge is -2.07. The zero-order valence-electron chi connectivity index (χ0n) is 11.6. The molecular formula is C13H13F3N4OS. The Balaban J connectivity index is 1.85. The van der Waals surface area contributed by atoms with Crippen LogP contribution in [-0.4, -0.2) is 26.4 Å². The highest BCUT2D eigenvalue weighted by molar-refractivity contribution is 7.99. The summed E-state index contributed by atoms with van der Waals surface area (Å²) in [6.45, 7) is 0.368. The topological polar surface area (TPSA) is 59.8 Å². The predicted molar refractivity (Wildman–Crippen MR) is 75.0 cm³/mol. The molecule has 2 rings (SSSR count). The number of hydrogen-bond acceptors (Lipinski definition) is 4. The molecule has 2 aromatic rings. The first-order valence-electron chi connectivity index (χ1n) is 6.28. The Labute approximate surface area is 128 Å². The van der Waals surface area contributed by atoms with E-state index in [0.29, 0.717) is 6.54 Å². The van der Waals surface area contributed by atoms with E-state index in [1.165, 1.54) is 7.05 Å². The van der Waals surface area contributed by atoms with Crippen LogP contribution in [0.1, 0.15) is 11.4 Å². The van der Waals surface area contributed by atoms with Gasteiger partial charge in [-0.15, -0.1) is 10.2 Å². The van der Waals surface area contributed by atoms with Gasteiger partial charge in [0.15, 0.2) is 5.16 Å². The van der Waals surface area contributed by atoms with Gasteiger partial charge in [-0.2, -0.15) is 13.2 Å². The van der Waals surface area contributed by atoms with Gasteiger partial charge in [-0.25, -0.2) is 0 Å². The van der Waals surface area contributed by atoms with Crippen LogP contribution in [0.3, 0.4) is 0 Å². The summed E-state index contributed by atoms with van der Waals surface area (Å²) >= 11 is 0.905. The fraction of sp³-hybridized carbons (Fsp3) is 0.308. The first-order valence-corrected chi connectivity index (χ1v) is 7.26. The molecule has 0 saturated heterocycles. The Bertz CT molecular complexity index is 642. The molecule has 0 atom stereocenters. The van der Waals surface area contributed by atoms with E-state index in [1.54, 1.807) is 0 Å². The number of benzene rings is 1. The standard InChI is InChI=1S/C13H13F3N4OS/c1-20-11(13(14,15)16)18-19-12(20)22-8-10(21)17-7-9-5-3-2-4-6-9/h2-6H,7-8H2,1H3,(H,17,21). The predicted octanol–water partition coefficient (Wildman–Crippen LogP) is 2.24. The summed E-state index contributed by atoms with van der Waals surface area (Å²) in [5.74, 6) is -1.40. The lowest BCUT2D eigenvalue weighted by Crippen LogP contribution is -2.24.